The summed E-state index contributed by atoms with van der Waals surface area (Å²) in [7, 11) is 0. The van der Waals surface area contributed by atoms with Crippen LogP contribution in [0.15, 0.2) is 12.1 Å². The lowest BCUT2D eigenvalue weighted by Gasteiger charge is -2.26. The van der Waals surface area contributed by atoms with Crippen LogP contribution in [0.1, 0.15) is 29.8 Å². The van der Waals surface area contributed by atoms with Crippen molar-refractivity contribution in [2.45, 2.75) is 38.3 Å². The Morgan fingerprint density at radius 1 is 1.38 bits per heavy atom. The van der Waals surface area contributed by atoms with Gasteiger partial charge < -0.3 is 14.7 Å². The molecule has 1 aromatic carbocycles. The van der Waals surface area contributed by atoms with Crippen molar-refractivity contribution in [3.05, 3.63) is 33.4 Å². The van der Waals surface area contributed by atoms with Crippen molar-refractivity contribution < 1.29 is 37.1 Å². The van der Waals surface area contributed by atoms with Crippen molar-refractivity contribution in [1.82, 2.24) is 4.90 Å². The number of benzene rings is 1. The minimum absolute atomic E-state index is 0.101. The summed E-state index contributed by atoms with van der Waals surface area (Å²) >= 11 is 0. The molecule has 1 amide bonds. The van der Waals surface area contributed by atoms with Gasteiger partial charge in [0.1, 0.15) is 6.17 Å². The number of fused-ring (bicyclic) bond motifs is 1. The number of halogens is 4. The minimum Gasteiger partial charge on any atom is -0.477 e. The number of nitro benzene ring substituents is 1. The Bertz CT molecular complexity index is 730. The maximum atomic E-state index is 14.0. The van der Waals surface area contributed by atoms with Gasteiger partial charge in [-0.3, -0.25) is 14.9 Å². The number of hydrogen-bond acceptors (Lipinski definition) is 5. The van der Waals surface area contributed by atoms with Gasteiger partial charge >= 0.3 is 11.9 Å². The number of amides is 1. The molecule has 0 bridgehead atoms. The van der Waals surface area contributed by atoms with Gasteiger partial charge in [0.25, 0.3) is 5.91 Å². The zero-order valence-electron chi connectivity index (χ0n) is 13.8. The topological polar surface area (TPSA) is 92.9 Å². The molecule has 1 aliphatic rings. The molecule has 0 radical (unpaired) electrons. The fourth-order valence-corrected chi connectivity index (χ4v) is 2.37. The van der Waals surface area contributed by atoms with Crippen LogP contribution in [0.3, 0.4) is 0 Å². The number of nitro groups is 1. The third-order valence-electron chi connectivity index (χ3n) is 3.80. The first kappa shape index (κ1) is 19.9. The van der Waals surface area contributed by atoms with Gasteiger partial charge in [0.05, 0.1) is 17.1 Å². The molecule has 0 spiro atoms. The molecule has 1 aliphatic heterocycles. The lowest BCUT2D eigenvalue weighted by molar-refractivity contribution is -0.386. The highest BCUT2D eigenvalue weighted by molar-refractivity contribution is 5.99. The molecule has 7 nitrogen and oxygen atoms in total. The Morgan fingerprint density at radius 3 is 2.50 bits per heavy atom. The van der Waals surface area contributed by atoms with E-state index >= 15 is 0 Å². The van der Waals surface area contributed by atoms with Crippen LogP contribution in [0.25, 0.3) is 0 Å². The predicted molar refractivity (Wildman–Crippen MR) is 80.6 cm³/mol. The standard InChI is InChI=1S/C15H16F4N2O5/c1-14(2,23)12(16)6-20-5-8-3-10(21(24)25)11(4-9(8)13(20)22)26-7-15(17,18)19/h3-4,12,23H,5-7H2,1-2H3/t12-/m0/s1. The molecular weight excluding hydrogens is 364 g/mol. The van der Waals surface area contributed by atoms with E-state index in [-0.39, 0.29) is 17.7 Å². The van der Waals surface area contributed by atoms with Gasteiger partial charge in [-0.2, -0.15) is 13.2 Å². The first-order valence-electron chi connectivity index (χ1n) is 7.46. The number of ether oxygens (including phenoxy) is 1. The lowest BCUT2D eigenvalue weighted by Crippen LogP contribution is -2.42. The van der Waals surface area contributed by atoms with E-state index in [9.17, 15) is 37.6 Å². The average molecular weight is 380 g/mol. The molecule has 0 aromatic heterocycles. The van der Waals surface area contributed by atoms with E-state index in [0.29, 0.717) is 0 Å². The summed E-state index contributed by atoms with van der Waals surface area (Å²) < 4.78 is 55.4. The zero-order chi connectivity index (χ0) is 19.9. The van der Waals surface area contributed by atoms with Crippen LogP contribution in [0.5, 0.6) is 5.75 Å². The van der Waals surface area contributed by atoms with Crippen molar-refractivity contribution in [3.8, 4) is 5.75 Å². The van der Waals surface area contributed by atoms with Crippen molar-refractivity contribution in [2.75, 3.05) is 13.2 Å². The highest BCUT2D eigenvalue weighted by Crippen LogP contribution is 2.36. The largest absolute Gasteiger partial charge is 0.477 e. The van der Waals surface area contributed by atoms with E-state index in [2.05, 4.69) is 4.74 Å². The zero-order valence-corrected chi connectivity index (χ0v) is 13.8. The highest BCUT2D eigenvalue weighted by atomic mass is 19.4. The summed E-state index contributed by atoms with van der Waals surface area (Å²) in [5.74, 6) is -1.40. The SMILES string of the molecule is CC(C)(O)[C@@H](F)CN1Cc2cc([N+](=O)[O-])c(OCC(F)(F)F)cc2C1=O. The number of hydrogen-bond donors (Lipinski definition) is 1. The normalized spacial score (nSPS) is 15.8. The van der Waals surface area contributed by atoms with E-state index in [1.807, 2.05) is 0 Å². The molecule has 1 atom stereocenters. The fourth-order valence-electron chi connectivity index (χ4n) is 2.37. The van der Waals surface area contributed by atoms with E-state index in [0.717, 1.165) is 17.0 Å². The number of aliphatic hydroxyl groups is 1. The van der Waals surface area contributed by atoms with E-state index < -0.39 is 53.4 Å². The van der Waals surface area contributed by atoms with Gasteiger partial charge in [0, 0.05) is 24.2 Å². The Hall–Kier alpha value is -2.43. The molecule has 1 aromatic rings. The molecule has 144 valence electrons. The molecule has 0 fully saturated rings. The molecular formula is C15H16F4N2O5. The molecule has 11 heteroatoms. The van der Waals surface area contributed by atoms with Gasteiger partial charge in [-0.15, -0.1) is 0 Å². The van der Waals surface area contributed by atoms with Crippen molar-refractivity contribution >= 4 is 11.6 Å². The second-order valence-electron chi connectivity index (χ2n) is 6.44. The molecule has 0 aliphatic carbocycles. The van der Waals surface area contributed by atoms with Gasteiger partial charge in [0.15, 0.2) is 12.4 Å². The molecule has 0 unspecified atom stereocenters. The Labute approximate surface area is 145 Å². The fraction of sp³-hybridized carbons (Fsp3) is 0.533. The second kappa shape index (κ2) is 6.71. The Morgan fingerprint density at radius 2 is 2.00 bits per heavy atom. The number of rotatable bonds is 6. The third kappa shape index (κ3) is 4.40. The maximum Gasteiger partial charge on any atom is 0.422 e. The minimum atomic E-state index is -4.71. The third-order valence-corrected chi connectivity index (χ3v) is 3.80. The maximum absolute atomic E-state index is 14.0. The van der Waals surface area contributed by atoms with E-state index in [1.54, 1.807) is 0 Å². The Kier molecular flexibility index (Phi) is 5.13. The summed E-state index contributed by atoms with van der Waals surface area (Å²) in [5, 5.41) is 20.7. The van der Waals surface area contributed by atoms with Crippen molar-refractivity contribution in [2.24, 2.45) is 0 Å². The molecule has 1 heterocycles. The van der Waals surface area contributed by atoms with Gasteiger partial charge in [-0.25, -0.2) is 4.39 Å². The van der Waals surface area contributed by atoms with Crippen LogP contribution in [0, 0.1) is 10.1 Å². The number of alkyl halides is 4. The summed E-state index contributed by atoms with van der Waals surface area (Å²) in [6.07, 6.45) is -6.49. The lowest BCUT2D eigenvalue weighted by atomic mass is 10.0. The van der Waals surface area contributed by atoms with Crippen molar-refractivity contribution in [3.63, 3.8) is 0 Å². The monoisotopic (exact) mass is 380 g/mol. The van der Waals surface area contributed by atoms with Crippen LogP contribution < -0.4 is 4.74 Å². The van der Waals surface area contributed by atoms with Crippen LogP contribution in [-0.4, -0.2) is 51.9 Å². The van der Waals surface area contributed by atoms with Crippen LogP contribution in [0.2, 0.25) is 0 Å². The molecule has 0 saturated carbocycles. The molecule has 0 saturated heterocycles. The van der Waals surface area contributed by atoms with Gasteiger partial charge in [-0.1, -0.05) is 0 Å². The number of nitrogens with zero attached hydrogens (tertiary/aromatic N) is 2. The molecule has 2 rings (SSSR count). The number of carbonyl (C=O) groups excluding carboxylic acids is 1. The summed E-state index contributed by atoms with van der Waals surface area (Å²) in [6.45, 7) is 0.0585. The van der Waals surface area contributed by atoms with E-state index in [1.165, 1.54) is 13.8 Å². The average Bonchev–Trinajstić information content (AvgIpc) is 2.78. The van der Waals surface area contributed by atoms with E-state index in [4.69, 9.17) is 0 Å². The van der Waals surface area contributed by atoms with Gasteiger partial charge in [-0.05, 0) is 19.4 Å². The smallest absolute Gasteiger partial charge is 0.422 e. The Balaban J connectivity index is 2.30. The quantitative estimate of drug-likeness (QED) is 0.465. The summed E-state index contributed by atoms with van der Waals surface area (Å²) in [5.41, 5.74) is -2.36. The number of carbonyl (C=O) groups is 1. The summed E-state index contributed by atoms with van der Waals surface area (Å²) in [6, 6.07) is 1.80. The predicted octanol–water partition coefficient (Wildman–Crippen LogP) is 2.60. The van der Waals surface area contributed by atoms with Crippen LogP contribution in [0.4, 0.5) is 23.2 Å². The first-order valence-corrected chi connectivity index (χ1v) is 7.46. The molecule has 1 N–H and O–H groups in total. The highest BCUT2D eigenvalue weighted by Gasteiger charge is 2.37. The first-order chi connectivity index (χ1) is 11.8. The van der Waals surface area contributed by atoms with Crippen molar-refractivity contribution in [1.29, 1.82) is 0 Å². The van der Waals surface area contributed by atoms with Gasteiger partial charge in [0.2, 0.25) is 0 Å². The summed E-state index contributed by atoms with van der Waals surface area (Å²) in [4.78, 5) is 23.5. The van der Waals surface area contributed by atoms with Crippen LogP contribution >= 0.6 is 0 Å². The van der Waals surface area contributed by atoms with Crippen LogP contribution in [-0.2, 0) is 6.54 Å². The molecule has 26 heavy (non-hydrogen) atoms. The second-order valence-corrected chi connectivity index (χ2v) is 6.44.